The molecule has 2 heteroatoms. The summed E-state index contributed by atoms with van der Waals surface area (Å²) in [5, 5.41) is 0. The molecule has 1 aliphatic carbocycles. The Balaban J connectivity index is 1.92. The van der Waals surface area contributed by atoms with Crippen LogP contribution < -0.4 is 0 Å². The molecule has 1 saturated heterocycles. The monoisotopic (exact) mass is 224 g/mol. The van der Waals surface area contributed by atoms with E-state index in [0.717, 1.165) is 0 Å². The van der Waals surface area contributed by atoms with Gasteiger partial charge in [-0.3, -0.25) is 4.90 Å². The molecule has 0 N–H and O–H groups in total. The zero-order valence-corrected chi connectivity index (χ0v) is 11.2. The number of nitrogens with zero attached hydrogens (tertiary/aromatic N) is 2. The second kappa shape index (κ2) is 5.50. The molecule has 0 spiro atoms. The number of rotatable bonds is 1. The van der Waals surface area contributed by atoms with E-state index in [4.69, 9.17) is 0 Å². The molecular weight excluding hydrogens is 196 g/mol. The van der Waals surface area contributed by atoms with E-state index < -0.39 is 0 Å². The molecule has 2 nitrogen and oxygen atoms in total. The van der Waals surface area contributed by atoms with Crippen LogP contribution in [0, 0.1) is 0 Å². The lowest BCUT2D eigenvalue weighted by molar-refractivity contribution is 0.0331. The lowest BCUT2D eigenvalue weighted by Gasteiger charge is -2.46. The van der Waals surface area contributed by atoms with Crippen molar-refractivity contribution >= 4 is 0 Å². The first kappa shape index (κ1) is 12.4. The minimum absolute atomic E-state index is 0.516. The van der Waals surface area contributed by atoms with Crippen molar-refractivity contribution in [1.29, 1.82) is 0 Å². The van der Waals surface area contributed by atoms with Crippen LogP contribution in [0.25, 0.3) is 0 Å². The average Bonchev–Trinajstić information content (AvgIpc) is 2.25. The summed E-state index contributed by atoms with van der Waals surface area (Å²) in [6, 6.07) is 0. The van der Waals surface area contributed by atoms with Gasteiger partial charge >= 0.3 is 0 Å². The lowest BCUT2D eigenvalue weighted by atomic mass is 9.83. The fourth-order valence-corrected chi connectivity index (χ4v) is 3.33. The average molecular weight is 224 g/mol. The van der Waals surface area contributed by atoms with Gasteiger partial charge in [-0.15, -0.1) is 0 Å². The van der Waals surface area contributed by atoms with Crippen LogP contribution in [-0.2, 0) is 0 Å². The molecule has 0 aromatic heterocycles. The van der Waals surface area contributed by atoms with Crippen molar-refractivity contribution in [2.75, 3.05) is 33.2 Å². The topological polar surface area (TPSA) is 6.48 Å². The van der Waals surface area contributed by atoms with Crippen LogP contribution in [0.2, 0.25) is 0 Å². The quantitative estimate of drug-likeness (QED) is 0.676. The lowest BCUT2D eigenvalue weighted by Crippen LogP contribution is -2.55. The normalized spacial score (nSPS) is 29.6. The van der Waals surface area contributed by atoms with Gasteiger partial charge in [0, 0.05) is 31.7 Å². The van der Waals surface area contributed by atoms with Crippen LogP contribution >= 0.6 is 0 Å². The SMILES string of the molecule is CN1CCN(C2(C)CCCCCCC2)CC1. The largest absolute Gasteiger partial charge is 0.304 e. The Morgan fingerprint density at radius 2 is 1.25 bits per heavy atom. The van der Waals surface area contributed by atoms with Crippen molar-refractivity contribution in [1.82, 2.24) is 9.80 Å². The molecule has 94 valence electrons. The molecule has 2 aliphatic rings. The predicted molar refractivity (Wildman–Crippen MR) is 69.8 cm³/mol. The van der Waals surface area contributed by atoms with Crippen molar-refractivity contribution in [2.24, 2.45) is 0 Å². The number of likely N-dealkylation sites (N-methyl/N-ethyl adjacent to an activating group) is 1. The molecular formula is C14H28N2. The highest BCUT2D eigenvalue weighted by Gasteiger charge is 2.32. The highest BCUT2D eigenvalue weighted by Crippen LogP contribution is 2.31. The number of hydrogen-bond donors (Lipinski definition) is 0. The van der Waals surface area contributed by atoms with Crippen LogP contribution in [0.5, 0.6) is 0 Å². The van der Waals surface area contributed by atoms with E-state index in [0.29, 0.717) is 5.54 Å². The molecule has 0 bridgehead atoms. The third-order valence-corrected chi connectivity index (χ3v) is 4.70. The zero-order valence-electron chi connectivity index (χ0n) is 11.2. The van der Waals surface area contributed by atoms with Crippen molar-refractivity contribution < 1.29 is 0 Å². The zero-order chi connectivity index (χ0) is 11.4. The molecule has 2 fully saturated rings. The Hall–Kier alpha value is -0.0800. The van der Waals surface area contributed by atoms with Gasteiger partial charge in [-0.1, -0.05) is 32.1 Å². The molecule has 0 unspecified atom stereocenters. The van der Waals surface area contributed by atoms with Gasteiger partial charge in [-0.05, 0) is 26.8 Å². The van der Waals surface area contributed by atoms with E-state index in [2.05, 4.69) is 23.8 Å². The van der Waals surface area contributed by atoms with Gasteiger partial charge in [-0.2, -0.15) is 0 Å². The van der Waals surface area contributed by atoms with E-state index in [1.54, 1.807) is 0 Å². The minimum atomic E-state index is 0.516. The first-order valence-corrected chi connectivity index (χ1v) is 7.14. The summed E-state index contributed by atoms with van der Waals surface area (Å²) in [5.74, 6) is 0. The maximum atomic E-state index is 2.78. The Kier molecular flexibility index (Phi) is 4.26. The Labute approximate surface area is 101 Å². The minimum Gasteiger partial charge on any atom is -0.304 e. The molecule has 1 saturated carbocycles. The van der Waals surface area contributed by atoms with E-state index in [1.165, 1.54) is 71.1 Å². The standard InChI is InChI=1S/C14H28N2/c1-14(8-6-4-3-5-7-9-14)16-12-10-15(2)11-13-16/h3-13H2,1-2H3. The molecule has 16 heavy (non-hydrogen) atoms. The fourth-order valence-electron chi connectivity index (χ4n) is 3.33. The van der Waals surface area contributed by atoms with Crippen molar-refractivity contribution in [3.05, 3.63) is 0 Å². The van der Waals surface area contributed by atoms with E-state index in [-0.39, 0.29) is 0 Å². The summed E-state index contributed by atoms with van der Waals surface area (Å²) in [6.45, 7) is 7.61. The van der Waals surface area contributed by atoms with Crippen molar-refractivity contribution in [3.63, 3.8) is 0 Å². The van der Waals surface area contributed by atoms with Crippen LogP contribution in [0.1, 0.15) is 51.9 Å². The Morgan fingerprint density at radius 3 is 1.81 bits per heavy atom. The Bertz CT molecular complexity index is 199. The van der Waals surface area contributed by atoms with Crippen LogP contribution in [0.15, 0.2) is 0 Å². The predicted octanol–water partition coefficient (Wildman–Crippen LogP) is 2.74. The van der Waals surface area contributed by atoms with Crippen LogP contribution in [-0.4, -0.2) is 48.6 Å². The summed E-state index contributed by atoms with van der Waals surface area (Å²) in [7, 11) is 2.25. The molecule has 1 heterocycles. The highest BCUT2D eigenvalue weighted by atomic mass is 15.3. The van der Waals surface area contributed by atoms with Crippen molar-refractivity contribution in [3.8, 4) is 0 Å². The number of piperazine rings is 1. The summed E-state index contributed by atoms with van der Waals surface area (Å²) in [6.07, 6.45) is 10.1. The first-order chi connectivity index (χ1) is 7.71. The Morgan fingerprint density at radius 1 is 0.750 bits per heavy atom. The van der Waals surface area contributed by atoms with Crippen LogP contribution in [0.4, 0.5) is 0 Å². The smallest absolute Gasteiger partial charge is 0.0182 e. The van der Waals surface area contributed by atoms with Gasteiger partial charge in [0.2, 0.25) is 0 Å². The van der Waals surface area contributed by atoms with Gasteiger partial charge in [0.15, 0.2) is 0 Å². The second-order valence-electron chi connectivity index (χ2n) is 6.06. The molecule has 0 aromatic rings. The summed E-state index contributed by atoms with van der Waals surface area (Å²) < 4.78 is 0. The fraction of sp³-hybridized carbons (Fsp3) is 1.00. The summed E-state index contributed by atoms with van der Waals surface area (Å²) in [5.41, 5.74) is 0.516. The van der Waals surface area contributed by atoms with Gasteiger partial charge in [0.25, 0.3) is 0 Å². The molecule has 0 aromatic carbocycles. The van der Waals surface area contributed by atoms with Gasteiger partial charge in [0.05, 0.1) is 0 Å². The molecule has 0 radical (unpaired) electrons. The molecule has 1 aliphatic heterocycles. The first-order valence-electron chi connectivity index (χ1n) is 7.14. The third kappa shape index (κ3) is 2.98. The summed E-state index contributed by atoms with van der Waals surface area (Å²) in [4.78, 5) is 5.24. The molecule has 2 rings (SSSR count). The maximum absolute atomic E-state index is 2.78. The number of hydrogen-bond acceptors (Lipinski definition) is 2. The van der Waals surface area contributed by atoms with E-state index >= 15 is 0 Å². The van der Waals surface area contributed by atoms with Gasteiger partial charge in [0.1, 0.15) is 0 Å². The molecule has 0 amide bonds. The summed E-state index contributed by atoms with van der Waals surface area (Å²) >= 11 is 0. The van der Waals surface area contributed by atoms with E-state index in [1.807, 2.05) is 0 Å². The van der Waals surface area contributed by atoms with Gasteiger partial charge < -0.3 is 4.90 Å². The maximum Gasteiger partial charge on any atom is 0.0182 e. The third-order valence-electron chi connectivity index (χ3n) is 4.70. The highest BCUT2D eigenvalue weighted by molar-refractivity contribution is 4.89. The second-order valence-corrected chi connectivity index (χ2v) is 6.06. The van der Waals surface area contributed by atoms with E-state index in [9.17, 15) is 0 Å². The van der Waals surface area contributed by atoms with Gasteiger partial charge in [-0.25, -0.2) is 0 Å². The molecule has 0 atom stereocenters. The van der Waals surface area contributed by atoms with Crippen LogP contribution in [0.3, 0.4) is 0 Å². The van der Waals surface area contributed by atoms with Crippen molar-refractivity contribution in [2.45, 2.75) is 57.4 Å².